The number of fused-ring (bicyclic) bond motifs is 1. The fourth-order valence-electron chi connectivity index (χ4n) is 2.90. The second-order valence-electron chi connectivity index (χ2n) is 5.07. The Balaban J connectivity index is 1.97. The molecule has 0 spiro atoms. The molecule has 0 aliphatic heterocycles. The van der Waals surface area contributed by atoms with E-state index in [1.54, 1.807) is 7.11 Å². The normalized spacial score (nSPS) is 17.5. The fourth-order valence-corrected chi connectivity index (χ4v) is 2.90. The second-order valence-corrected chi connectivity index (χ2v) is 5.07. The minimum absolute atomic E-state index is 0.561. The molecule has 0 saturated carbocycles. The summed E-state index contributed by atoms with van der Waals surface area (Å²) in [6.07, 6.45) is 2.43. The summed E-state index contributed by atoms with van der Waals surface area (Å²) in [6.45, 7) is 0. The number of ether oxygens (including phenoxy) is 1. The van der Waals surface area contributed by atoms with Crippen molar-refractivity contribution in [2.24, 2.45) is 0 Å². The van der Waals surface area contributed by atoms with Gasteiger partial charge in [0.1, 0.15) is 13.6 Å². The van der Waals surface area contributed by atoms with E-state index in [4.69, 9.17) is 4.74 Å². The Labute approximate surface area is 109 Å². The monoisotopic (exact) mass is 236 g/mol. The van der Waals surface area contributed by atoms with Crippen molar-refractivity contribution >= 4 is 13.3 Å². The molecule has 0 N–H and O–H groups in total. The van der Waals surface area contributed by atoms with Crippen molar-refractivity contribution in [3.8, 4) is 5.75 Å². The zero-order valence-electron chi connectivity index (χ0n) is 10.9. The minimum Gasteiger partial charge on any atom is -0.497 e. The Morgan fingerprint density at radius 2 is 1.89 bits per heavy atom. The number of aryl methyl sites for hydroxylation is 1. The van der Waals surface area contributed by atoms with Gasteiger partial charge in [0, 0.05) is 5.92 Å². The molecule has 1 aliphatic rings. The maximum Gasteiger partial charge on any atom is 0.139 e. The highest BCUT2D eigenvalue weighted by molar-refractivity contribution is 6.32. The van der Waals surface area contributed by atoms with Crippen LogP contribution in [-0.4, -0.2) is 15.0 Å². The maximum atomic E-state index is 5.22. The third-order valence-corrected chi connectivity index (χ3v) is 3.90. The average molecular weight is 236 g/mol. The first-order chi connectivity index (χ1) is 8.78. The molecule has 1 atom stereocenters. The maximum absolute atomic E-state index is 5.22. The van der Waals surface area contributed by atoms with Gasteiger partial charge in [0.25, 0.3) is 0 Å². The fraction of sp³-hybridized carbons (Fsp3) is 0.250. The van der Waals surface area contributed by atoms with Crippen molar-refractivity contribution in [2.75, 3.05) is 7.11 Å². The predicted molar refractivity (Wildman–Crippen MR) is 77.8 cm³/mol. The molecule has 2 aromatic rings. The predicted octanol–water partition coefficient (Wildman–Crippen LogP) is 2.03. The van der Waals surface area contributed by atoms with Gasteiger partial charge in [0.15, 0.2) is 0 Å². The SMILES string of the molecule is Bc1ccc2c(c1)C(c1ccc(OC)cc1)CC2. The van der Waals surface area contributed by atoms with Gasteiger partial charge in [-0.3, -0.25) is 0 Å². The number of hydrogen-bond donors (Lipinski definition) is 0. The van der Waals surface area contributed by atoms with Gasteiger partial charge < -0.3 is 4.74 Å². The molecule has 0 aromatic heterocycles. The van der Waals surface area contributed by atoms with Crippen molar-refractivity contribution in [3.05, 3.63) is 59.2 Å². The summed E-state index contributed by atoms with van der Waals surface area (Å²) in [5, 5.41) is 0. The van der Waals surface area contributed by atoms with Gasteiger partial charge in [0.05, 0.1) is 7.11 Å². The summed E-state index contributed by atoms with van der Waals surface area (Å²) in [5.74, 6) is 1.49. The van der Waals surface area contributed by atoms with Gasteiger partial charge in [-0.15, -0.1) is 0 Å². The molecular formula is C16H17BO. The van der Waals surface area contributed by atoms with Crippen molar-refractivity contribution in [2.45, 2.75) is 18.8 Å². The molecule has 3 rings (SSSR count). The highest BCUT2D eigenvalue weighted by Gasteiger charge is 2.23. The molecule has 1 unspecified atom stereocenters. The van der Waals surface area contributed by atoms with Crippen molar-refractivity contribution in [1.29, 1.82) is 0 Å². The van der Waals surface area contributed by atoms with E-state index in [2.05, 4.69) is 50.3 Å². The van der Waals surface area contributed by atoms with Crippen molar-refractivity contribution in [1.82, 2.24) is 0 Å². The van der Waals surface area contributed by atoms with Crippen LogP contribution in [0.15, 0.2) is 42.5 Å². The van der Waals surface area contributed by atoms with Gasteiger partial charge in [-0.1, -0.05) is 35.8 Å². The van der Waals surface area contributed by atoms with Gasteiger partial charge in [-0.25, -0.2) is 0 Å². The first-order valence-corrected chi connectivity index (χ1v) is 6.51. The zero-order valence-corrected chi connectivity index (χ0v) is 10.9. The first kappa shape index (κ1) is 11.4. The standard InChI is InChI=1S/C16H17BO/c1-18-14-7-3-11(4-8-14)15-9-5-12-2-6-13(17)10-16(12)15/h2-4,6-8,10,15H,5,9,17H2,1H3. The molecule has 2 heteroatoms. The third-order valence-electron chi connectivity index (χ3n) is 3.90. The van der Waals surface area contributed by atoms with Crippen LogP contribution < -0.4 is 10.2 Å². The van der Waals surface area contributed by atoms with E-state index in [1.165, 1.54) is 35.0 Å². The molecule has 1 nitrogen and oxygen atoms in total. The average Bonchev–Trinajstić information content (AvgIpc) is 2.82. The Kier molecular flexibility index (Phi) is 2.87. The Morgan fingerprint density at radius 3 is 2.61 bits per heavy atom. The summed E-state index contributed by atoms with van der Waals surface area (Å²) in [4.78, 5) is 0. The van der Waals surface area contributed by atoms with Crippen molar-refractivity contribution < 1.29 is 4.74 Å². The Morgan fingerprint density at radius 1 is 1.11 bits per heavy atom. The van der Waals surface area contributed by atoms with E-state index < -0.39 is 0 Å². The lowest BCUT2D eigenvalue weighted by molar-refractivity contribution is 0.414. The van der Waals surface area contributed by atoms with Crippen LogP contribution in [0.5, 0.6) is 5.75 Å². The van der Waals surface area contributed by atoms with E-state index in [-0.39, 0.29) is 0 Å². The molecule has 0 radical (unpaired) electrons. The summed E-state index contributed by atoms with van der Waals surface area (Å²) in [5.41, 5.74) is 5.79. The summed E-state index contributed by atoms with van der Waals surface area (Å²) in [7, 11) is 3.88. The first-order valence-electron chi connectivity index (χ1n) is 6.51. The minimum atomic E-state index is 0.561. The summed E-state index contributed by atoms with van der Waals surface area (Å²) < 4.78 is 5.22. The van der Waals surface area contributed by atoms with Gasteiger partial charge in [-0.05, 0) is 41.7 Å². The van der Waals surface area contributed by atoms with Crippen molar-refractivity contribution in [3.63, 3.8) is 0 Å². The molecule has 1 aliphatic carbocycles. The topological polar surface area (TPSA) is 9.23 Å². The molecule has 2 aromatic carbocycles. The van der Waals surface area contributed by atoms with Crippen LogP contribution in [0.4, 0.5) is 0 Å². The van der Waals surface area contributed by atoms with Crippen LogP contribution in [0.3, 0.4) is 0 Å². The number of benzene rings is 2. The van der Waals surface area contributed by atoms with E-state index in [1.807, 2.05) is 0 Å². The van der Waals surface area contributed by atoms with Crippen LogP contribution in [0, 0.1) is 0 Å². The lowest BCUT2D eigenvalue weighted by Crippen LogP contribution is -2.05. The molecule has 0 amide bonds. The number of methoxy groups -OCH3 is 1. The quantitative estimate of drug-likeness (QED) is 0.725. The molecule has 0 bridgehead atoms. The van der Waals surface area contributed by atoms with Gasteiger partial charge in [0.2, 0.25) is 0 Å². The van der Waals surface area contributed by atoms with Crippen LogP contribution in [0.25, 0.3) is 0 Å². The smallest absolute Gasteiger partial charge is 0.139 e. The van der Waals surface area contributed by atoms with E-state index >= 15 is 0 Å². The van der Waals surface area contributed by atoms with Crippen LogP contribution in [0.2, 0.25) is 0 Å². The largest absolute Gasteiger partial charge is 0.497 e. The lowest BCUT2D eigenvalue weighted by Gasteiger charge is -2.13. The van der Waals surface area contributed by atoms with Crippen LogP contribution in [-0.2, 0) is 6.42 Å². The van der Waals surface area contributed by atoms with E-state index in [0.29, 0.717) is 5.92 Å². The van der Waals surface area contributed by atoms with Gasteiger partial charge in [-0.2, -0.15) is 0 Å². The number of hydrogen-bond acceptors (Lipinski definition) is 1. The molecular weight excluding hydrogens is 219 g/mol. The van der Waals surface area contributed by atoms with E-state index in [0.717, 1.165) is 5.75 Å². The lowest BCUT2D eigenvalue weighted by atomic mass is 9.87. The van der Waals surface area contributed by atoms with E-state index in [9.17, 15) is 0 Å². The Bertz CT molecular complexity index is 560. The summed E-state index contributed by atoms with van der Waals surface area (Å²) >= 11 is 0. The van der Waals surface area contributed by atoms with Crippen LogP contribution >= 0.6 is 0 Å². The zero-order chi connectivity index (χ0) is 12.5. The van der Waals surface area contributed by atoms with Gasteiger partial charge >= 0.3 is 0 Å². The third kappa shape index (κ3) is 1.92. The molecule has 0 heterocycles. The molecule has 18 heavy (non-hydrogen) atoms. The molecule has 0 saturated heterocycles. The number of rotatable bonds is 2. The molecule has 90 valence electrons. The Hall–Kier alpha value is -1.70. The highest BCUT2D eigenvalue weighted by Crippen LogP contribution is 2.37. The summed E-state index contributed by atoms with van der Waals surface area (Å²) in [6, 6.07) is 15.4. The van der Waals surface area contributed by atoms with Crippen LogP contribution in [0.1, 0.15) is 29.0 Å². The second kappa shape index (κ2) is 4.53. The molecule has 0 fully saturated rings. The highest BCUT2D eigenvalue weighted by atomic mass is 16.5.